The van der Waals surface area contributed by atoms with Gasteiger partial charge in [0.15, 0.2) is 9.84 Å². The Morgan fingerprint density at radius 1 is 1.29 bits per heavy atom. The van der Waals surface area contributed by atoms with E-state index in [4.69, 9.17) is 0 Å². The molecule has 1 aromatic heterocycles. The molecule has 3 rings (SSSR count). The molecule has 1 aromatic carbocycles. The molecule has 1 amide bonds. The first-order valence-corrected chi connectivity index (χ1v) is 11.4. The number of nitrogens with one attached hydrogen (secondary N) is 1. The van der Waals surface area contributed by atoms with Gasteiger partial charge in [-0.2, -0.15) is 0 Å². The largest absolute Gasteiger partial charge is 0.356 e. The zero-order valence-corrected chi connectivity index (χ0v) is 17.4. The van der Waals surface area contributed by atoms with Gasteiger partial charge in [0.25, 0.3) is 5.91 Å². The number of nitrogens with zero attached hydrogens (tertiary/aromatic N) is 2. The van der Waals surface area contributed by atoms with E-state index in [0.29, 0.717) is 11.5 Å². The minimum Gasteiger partial charge on any atom is -0.356 e. The van der Waals surface area contributed by atoms with E-state index >= 15 is 0 Å². The van der Waals surface area contributed by atoms with E-state index in [1.807, 2.05) is 32.0 Å². The number of carbonyl (C=O) groups excluding carboxylic acids is 1. The second kappa shape index (κ2) is 8.31. The standard InChI is InChI=1S/C21H27N3O3S/c1-15(2)23-21(25)18-6-4-5-16(12-18)11-17-9-10-24(14-17)20-8-7-19(13-22-20)28(3,26)27/h4-8,12-13,15,17H,9-11,14H2,1-3H3,(H,23,25). The molecule has 1 saturated heterocycles. The number of hydrogen-bond acceptors (Lipinski definition) is 5. The highest BCUT2D eigenvalue weighted by Gasteiger charge is 2.24. The topological polar surface area (TPSA) is 79.4 Å². The lowest BCUT2D eigenvalue weighted by atomic mass is 9.97. The third-order valence-corrected chi connectivity index (χ3v) is 5.99. The van der Waals surface area contributed by atoms with Crippen molar-refractivity contribution in [3.63, 3.8) is 0 Å². The fourth-order valence-electron chi connectivity index (χ4n) is 3.50. The molecule has 28 heavy (non-hydrogen) atoms. The number of hydrogen-bond donors (Lipinski definition) is 1. The Bertz CT molecular complexity index is 940. The molecular formula is C21H27N3O3S. The second-order valence-electron chi connectivity index (χ2n) is 7.76. The van der Waals surface area contributed by atoms with Gasteiger partial charge in [-0.3, -0.25) is 4.79 Å². The number of sulfone groups is 1. The quantitative estimate of drug-likeness (QED) is 0.805. The summed E-state index contributed by atoms with van der Waals surface area (Å²) in [5.74, 6) is 1.24. The Hall–Kier alpha value is -2.41. The molecule has 1 aliphatic rings. The minimum atomic E-state index is -3.23. The van der Waals surface area contributed by atoms with E-state index in [0.717, 1.165) is 37.3 Å². The van der Waals surface area contributed by atoms with E-state index in [2.05, 4.69) is 21.3 Å². The van der Waals surface area contributed by atoms with Crippen LogP contribution in [0.4, 0.5) is 5.82 Å². The minimum absolute atomic E-state index is 0.0416. The van der Waals surface area contributed by atoms with Crippen molar-refractivity contribution in [3.8, 4) is 0 Å². The molecule has 1 aliphatic heterocycles. The Morgan fingerprint density at radius 3 is 2.71 bits per heavy atom. The molecule has 7 heteroatoms. The van der Waals surface area contributed by atoms with Crippen molar-refractivity contribution in [1.29, 1.82) is 0 Å². The molecule has 150 valence electrons. The van der Waals surface area contributed by atoms with Gasteiger partial charge in [-0.05, 0) is 62.4 Å². The first-order chi connectivity index (χ1) is 13.2. The van der Waals surface area contributed by atoms with Crippen molar-refractivity contribution in [1.82, 2.24) is 10.3 Å². The summed E-state index contributed by atoms with van der Waals surface area (Å²) in [4.78, 5) is 19.0. The monoisotopic (exact) mass is 401 g/mol. The summed E-state index contributed by atoms with van der Waals surface area (Å²) in [6.07, 6.45) is 4.55. The number of amides is 1. The lowest BCUT2D eigenvalue weighted by Gasteiger charge is -2.18. The van der Waals surface area contributed by atoms with Crippen LogP contribution in [0.25, 0.3) is 0 Å². The van der Waals surface area contributed by atoms with Crippen LogP contribution >= 0.6 is 0 Å². The van der Waals surface area contributed by atoms with Crippen LogP contribution in [-0.4, -0.2) is 44.7 Å². The molecule has 2 heterocycles. The van der Waals surface area contributed by atoms with Gasteiger partial charge < -0.3 is 10.2 Å². The SMILES string of the molecule is CC(C)NC(=O)c1cccc(CC2CCN(c3ccc(S(C)(=O)=O)cn3)C2)c1. The molecule has 2 aromatic rings. The second-order valence-corrected chi connectivity index (χ2v) is 9.77. The molecule has 0 bridgehead atoms. The molecule has 1 fully saturated rings. The Kier molecular flexibility index (Phi) is 6.03. The lowest BCUT2D eigenvalue weighted by Crippen LogP contribution is -2.30. The van der Waals surface area contributed by atoms with E-state index in [1.165, 1.54) is 12.5 Å². The normalized spacial score (nSPS) is 17.1. The summed E-state index contributed by atoms with van der Waals surface area (Å²) < 4.78 is 23.1. The van der Waals surface area contributed by atoms with Crippen LogP contribution in [-0.2, 0) is 16.3 Å². The van der Waals surface area contributed by atoms with Crippen LogP contribution in [0.1, 0.15) is 36.2 Å². The number of rotatable bonds is 6. The van der Waals surface area contributed by atoms with Gasteiger partial charge in [0.05, 0.1) is 4.90 Å². The summed E-state index contributed by atoms with van der Waals surface area (Å²) in [5.41, 5.74) is 1.85. The van der Waals surface area contributed by atoms with E-state index in [1.54, 1.807) is 12.1 Å². The van der Waals surface area contributed by atoms with Gasteiger partial charge in [-0.1, -0.05) is 12.1 Å². The summed E-state index contributed by atoms with van der Waals surface area (Å²) in [5, 5.41) is 2.93. The van der Waals surface area contributed by atoms with Crippen molar-refractivity contribution in [3.05, 3.63) is 53.7 Å². The van der Waals surface area contributed by atoms with Crippen molar-refractivity contribution < 1.29 is 13.2 Å². The van der Waals surface area contributed by atoms with Crippen molar-refractivity contribution >= 4 is 21.6 Å². The van der Waals surface area contributed by atoms with Crippen LogP contribution < -0.4 is 10.2 Å². The predicted octanol–water partition coefficient (Wildman–Crippen LogP) is 2.69. The van der Waals surface area contributed by atoms with Gasteiger partial charge in [0.2, 0.25) is 0 Å². The number of carbonyl (C=O) groups is 1. The van der Waals surface area contributed by atoms with Gasteiger partial charge in [0.1, 0.15) is 5.82 Å². The zero-order chi connectivity index (χ0) is 20.3. The molecule has 0 aliphatic carbocycles. The molecule has 1 unspecified atom stereocenters. The number of aromatic nitrogens is 1. The molecule has 0 saturated carbocycles. The average molecular weight is 402 g/mol. The van der Waals surface area contributed by atoms with Gasteiger partial charge in [-0.25, -0.2) is 13.4 Å². The molecule has 1 atom stereocenters. The summed E-state index contributed by atoms with van der Waals surface area (Å²) in [7, 11) is -3.23. The average Bonchev–Trinajstić information content (AvgIpc) is 3.09. The Labute approximate surface area is 166 Å². The van der Waals surface area contributed by atoms with Gasteiger partial charge in [0, 0.05) is 37.1 Å². The Morgan fingerprint density at radius 2 is 2.07 bits per heavy atom. The van der Waals surface area contributed by atoms with Crippen LogP contribution in [0.3, 0.4) is 0 Å². The number of anilines is 1. The third-order valence-electron chi connectivity index (χ3n) is 4.89. The van der Waals surface area contributed by atoms with Gasteiger partial charge >= 0.3 is 0 Å². The molecule has 0 spiro atoms. The fourth-order valence-corrected chi connectivity index (χ4v) is 4.06. The van der Waals surface area contributed by atoms with Crippen LogP contribution in [0, 0.1) is 5.92 Å². The third kappa shape index (κ3) is 5.10. The number of benzene rings is 1. The predicted molar refractivity (Wildman–Crippen MR) is 110 cm³/mol. The van der Waals surface area contributed by atoms with E-state index in [9.17, 15) is 13.2 Å². The van der Waals surface area contributed by atoms with Crippen LogP contribution in [0.2, 0.25) is 0 Å². The zero-order valence-electron chi connectivity index (χ0n) is 16.6. The van der Waals surface area contributed by atoms with Crippen LogP contribution in [0.5, 0.6) is 0 Å². The first kappa shape index (κ1) is 20.3. The highest BCUT2D eigenvalue weighted by molar-refractivity contribution is 7.90. The van der Waals surface area contributed by atoms with Crippen molar-refractivity contribution in [2.45, 2.75) is 37.6 Å². The van der Waals surface area contributed by atoms with Crippen LogP contribution in [0.15, 0.2) is 47.5 Å². The summed E-state index contributed by atoms with van der Waals surface area (Å²) in [6.45, 7) is 5.66. The van der Waals surface area contributed by atoms with E-state index < -0.39 is 9.84 Å². The first-order valence-electron chi connectivity index (χ1n) is 9.53. The van der Waals surface area contributed by atoms with Crippen molar-refractivity contribution in [2.75, 3.05) is 24.2 Å². The summed E-state index contributed by atoms with van der Waals surface area (Å²) in [6, 6.07) is 11.3. The maximum atomic E-state index is 12.2. The summed E-state index contributed by atoms with van der Waals surface area (Å²) >= 11 is 0. The maximum Gasteiger partial charge on any atom is 0.251 e. The maximum absolute atomic E-state index is 12.2. The number of pyridine rings is 1. The van der Waals surface area contributed by atoms with Crippen molar-refractivity contribution in [2.24, 2.45) is 5.92 Å². The molecule has 6 nitrogen and oxygen atoms in total. The highest BCUT2D eigenvalue weighted by atomic mass is 32.2. The van der Waals surface area contributed by atoms with E-state index in [-0.39, 0.29) is 16.8 Å². The smallest absolute Gasteiger partial charge is 0.251 e. The fraction of sp³-hybridized carbons (Fsp3) is 0.429. The molecule has 0 radical (unpaired) electrons. The Balaban J connectivity index is 1.63. The van der Waals surface area contributed by atoms with Gasteiger partial charge in [-0.15, -0.1) is 0 Å². The highest BCUT2D eigenvalue weighted by Crippen LogP contribution is 2.25. The molecule has 1 N–H and O–H groups in total. The molecular weight excluding hydrogens is 374 g/mol. The lowest BCUT2D eigenvalue weighted by molar-refractivity contribution is 0.0943.